The third kappa shape index (κ3) is 2.85. The van der Waals surface area contributed by atoms with Gasteiger partial charge in [0.2, 0.25) is 0 Å². The van der Waals surface area contributed by atoms with Gasteiger partial charge in [-0.1, -0.05) is 42.5 Å². The maximum absolute atomic E-state index is 10.7. The van der Waals surface area contributed by atoms with Crippen molar-refractivity contribution in [3.8, 4) is 17.0 Å². The molecular formula is C19H17NO2. The molecule has 22 heavy (non-hydrogen) atoms. The maximum Gasteiger partial charge on any atom is 0.119 e. The predicted molar refractivity (Wildman–Crippen MR) is 86.7 cm³/mol. The highest BCUT2D eigenvalue weighted by Gasteiger charge is 2.17. The largest absolute Gasteiger partial charge is 0.497 e. The van der Waals surface area contributed by atoms with E-state index in [1.807, 2.05) is 66.7 Å². The van der Waals surface area contributed by atoms with Crippen molar-refractivity contribution in [3.05, 3.63) is 84.1 Å². The summed E-state index contributed by atoms with van der Waals surface area (Å²) in [6, 6.07) is 21.0. The number of aliphatic hydroxyl groups is 1. The average molecular weight is 291 g/mol. The van der Waals surface area contributed by atoms with E-state index in [9.17, 15) is 5.11 Å². The molecule has 0 saturated heterocycles. The fourth-order valence-electron chi connectivity index (χ4n) is 2.46. The number of nitrogens with zero attached hydrogens (tertiary/aromatic N) is 1. The highest BCUT2D eigenvalue weighted by atomic mass is 16.5. The van der Waals surface area contributed by atoms with E-state index < -0.39 is 6.10 Å². The van der Waals surface area contributed by atoms with Crippen molar-refractivity contribution in [1.82, 2.24) is 4.98 Å². The van der Waals surface area contributed by atoms with Gasteiger partial charge in [0, 0.05) is 11.8 Å². The number of hydrogen-bond donors (Lipinski definition) is 1. The summed E-state index contributed by atoms with van der Waals surface area (Å²) in [4.78, 5) is 4.39. The number of methoxy groups -OCH3 is 1. The molecule has 1 N–H and O–H groups in total. The number of rotatable bonds is 4. The second kappa shape index (κ2) is 6.41. The zero-order valence-corrected chi connectivity index (χ0v) is 12.3. The lowest BCUT2D eigenvalue weighted by Gasteiger charge is -2.17. The molecule has 3 heteroatoms. The highest BCUT2D eigenvalue weighted by Crippen LogP contribution is 2.33. The van der Waals surface area contributed by atoms with Gasteiger partial charge in [-0.25, -0.2) is 0 Å². The summed E-state index contributed by atoms with van der Waals surface area (Å²) < 4.78 is 5.31. The molecule has 2 aromatic carbocycles. The van der Waals surface area contributed by atoms with Crippen molar-refractivity contribution in [3.63, 3.8) is 0 Å². The van der Waals surface area contributed by atoms with Crippen LogP contribution in [0.3, 0.4) is 0 Å². The van der Waals surface area contributed by atoms with Crippen LogP contribution in [0.25, 0.3) is 11.3 Å². The Balaban J connectivity index is 2.11. The molecule has 3 aromatic rings. The van der Waals surface area contributed by atoms with Gasteiger partial charge in [-0.2, -0.15) is 0 Å². The van der Waals surface area contributed by atoms with Crippen LogP contribution in [0, 0.1) is 0 Å². The number of pyridine rings is 1. The molecule has 3 nitrogen and oxygen atoms in total. The molecule has 3 rings (SSSR count). The number of benzene rings is 2. The Labute approximate surface area is 129 Å². The summed E-state index contributed by atoms with van der Waals surface area (Å²) in [5, 5.41) is 10.7. The Bertz CT molecular complexity index is 742. The van der Waals surface area contributed by atoms with Crippen molar-refractivity contribution >= 4 is 0 Å². The van der Waals surface area contributed by atoms with Crippen molar-refractivity contribution in [2.45, 2.75) is 6.10 Å². The van der Waals surface area contributed by atoms with Crippen molar-refractivity contribution in [2.75, 3.05) is 7.11 Å². The average Bonchev–Trinajstić information content (AvgIpc) is 2.62. The topological polar surface area (TPSA) is 42.4 Å². The second-order valence-electron chi connectivity index (χ2n) is 4.98. The van der Waals surface area contributed by atoms with Crippen LogP contribution in [0.2, 0.25) is 0 Å². The molecule has 0 aliphatic heterocycles. The molecule has 110 valence electrons. The third-order valence-corrected chi connectivity index (χ3v) is 3.61. The second-order valence-corrected chi connectivity index (χ2v) is 4.98. The smallest absolute Gasteiger partial charge is 0.119 e. The lowest BCUT2D eigenvalue weighted by atomic mass is 9.94. The van der Waals surface area contributed by atoms with Gasteiger partial charge in [-0.15, -0.1) is 0 Å². The normalized spacial score (nSPS) is 11.9. The molecule has 1 unspecified atom stereocenters. The van der Waals surface area contributed by atoms with E-state index in [4.69, 9.17) is 4.74 Å². The molecule has 0 saturated carbocycles. The minimum absolute atomic E-state index is 0.705. The molecule has 0 radical (unpaired) electrons. The fraction of sp³-hybridized carbons (Fsp3) is 0.105. The zero-order valence-electron chi connectivity index (χ0n) is 12.3. The first-order chi connectivity index (χ1) is 10.8. The number of hydrogen-bond acceptors (Lipinski definition) is 3. The van der Waals surface area contributed by atoms with Crippen molar-refractivity contribution in [2.24, 2.45) is 0 Å². The monoisotopic (exact) mass is 291 g/mol. The summed E-state index contributed by atoms with van der Waals surface area (Å²) >= 11 is 0. The SMILES string of the molecule is COc1ccc(C(O)c2ccccc2)c(-c2ccccn2)c1. The summed E-state index contributed by atoms with van der Waals surface area (Å²) in [5.41, 5.74) is 3.35. The number of aliphatic hydroxyl groups excluding tert-OH is 1. The molecule has 1 heterocycles. The fourth-order valence-corrected chi connectivity index (χ4v) is 2.46. The molecule has 0 spiro atoms. The molecule has 0 amide bonds. The van der Waals surface area contributed by atoms with E-state index >= 15 is 0 Å². The van der Waals surface area contributed by atoms with Crippen LogP contribution in [-0.2, 0) is 0 Å². The molecule has 1 atom stereocenters. The van der Waals surface area contributed by atoms with E-state index in [0.717, 1.165) is 28.1 Å². The lowest BCUT2D eigenvalue weighted by Crippen LogP contribution is -2.02. The Hall–Kier alpha value is -2.65. The molecular weight excluding hydrogens is 274 g/mol. The minimum atomic E-state index is -0.705. The van der Waals surface area contributed by atoms with Crippen molar-refractivity contribution in [1.29, 1.82) is 0 Å². The maximum atomic E-state index is 10.7. The predicted octanol–water partition coefficient (Wildman–Crippen LogP) is 3.84. The molecule has 0 bridgehead atoms. The zero-order chi connectivity index (χ0) is 15.4. The minimum Gasteiger partial charge on any atom is -0.497 e. The van der Waals surface area contributed by atoms with Crippen LogP contribution < -0.4 is 4.74 Å². The first-order valence-electron chi connectivity index (χ1n) is 7.12. The van der Waals surface area contributed by atoms with E-state index in [-0.39, 0.29) is 0 Å². The van der Waals surface area contributed by atoms with Crippen LogP contribution in [0.5, 0.6) is 5.75 Å². The lowest BCUT2D eigenvalue weighted by molar-refractivity contribution is 0.220. The Morgan fingerprint density at radius 2 is 1.73 bits per heavy atom. The van der Waals surface area contributed by atoms with Gasteiger partial charge < -0.3 is 9.84 Å². The summed E-state index contributed by atoms with van der Waals surface area (Å²) in [7, 11) is 1.63. The van der Waals surface area contributed by atoms with Crippen LogP contribution >= 0.6 is 0 Å². The summed E-state index contributed by atoms with van der Waals surface area (Å²) in [6.45, 7) is 0. The van der Waals surface area contributed by atoms with Gasteiger partial charge in [0.15, 0.2) is 0 Å². The van der Waals surface area contributed by atoms with Crippen molar-refractivity contribution < 1.29 is 9.84 Å². The third-order valence-electron chi connectivity index (χ3n) is 3.61. The first-order valence-corrected chi connectivity index (χ1v) is 7.12. The van der Waals surface area contributed by atoms with Gasteiger partial charge in [0.1, 0.15) is 11.9 Å². The van der Waals surface area contributed by atoms with Gasteiger partial charge in [0.25, 0.3) is 0 Å². The van der Waals surface area contributed by atoms with Gasteiger partial charge in [0.05, 0.1) is 12.8 Å². The molecule has 0 fully saturated rings. The number of aromatic nitrogens is 1. The Kier molecular flexibility index (Phi) is 4.17. The van der Waals surface area contributed by atoms with Crippen LogP contribution in [0.15, 0.2) is 72.9 Å². The summed E-state index contributed by atoms with van der Waals surface area (Å²) in [6.07, 6.45) is 1.04. The van der Waals surface area contributed by atoms with Crippen LogP contribution in [0.4, 0.5) is 0 Å². The first kappa shape index (κ1) is 14.3. The van der Waals surface area contributed by atoms with E-state index in [2.05, 4.69) is 4.98 Å². The summed E-state index contributed by atoms with van der Waals surface area (Å²) in [5.74, 6) is 0.740. The quantitative estimate of drug-likeness (QED) is 0.794. The van der Waals surface area contributed by atoms with Gasteiger partial charge in [-0.05, 0) is 35.4 Å². The van der Waals surface area contributed by atoms with Gasteiger partial charge >= 0.3 is 0 Å². The molecule has 1 aromatic heterocycles. The van der Waals surface area contributed by atoms with E-state index in [0.29, 0.717) is 0 Å². The van der Waals surface area contributed by atoms with E-state index in [1.54, 1.807) is 13.3 Å². The Morgan fingerprint density at radius 1 is 0.955 bits per heavy atom. The van der Waals surface area contributed by atoms with E-state index in [1.165, 1.54) is 0 Å². The highest BCUT2D eigenvalue weighted by molar-refractivity contribution is 5.67. The van der Waals surface area contributed by atoms with Crippen LogP contribution in [0.1, 0.15) is 17.2 Å². The molecule has 0 aliphatic rings. The number of ether oxygens (including phenoxy) is 1. The Morgan fingerprint density at radius 3 is 2.41 bits per heavy atom. The van der Waals surface area contributed by atoms with Gasteiger partial charge in [-0.3, -0.25) is 4.98 Å². The standard InChI is InChI=1S/C19H17NO2/c1-22-15-10-11-16(19(21)14-7-3-2-4-8-14)17(13-15)18-9-5-6-12-20-18/h2-13,19,21H,1H3. The molecule has 0 aliphatic carbocycles. The van der Waals surface area contributed by atoms with Crippen LogP contribution in [-0.4, -0.2) is 17.2 Å².